The summed E-state index contributed by atoms with van der Waals surface area (Å²) in [6.45, 7) is 6.15. The number of pyridine rings is 1. The van der Waals surface area contributed by atoms with E-state index >= 15 is 0 Å². The fourth-order valence-corrected chi connectivity index (χ4v) is 2.07. The van der Waals surface area contributed by atoms with Crippen molar-refractivity contribution in [2.75, 3.05) is 0 Å². The standard InChI is InChI=1S/C17H20N2O2S/c1-17(2,3)22(20)19-11-15-9-10-16(12-18-15)21-13-14-7-5-4-6-8-14/h4-12H,13H2,1-3H3/t22-/m1/s1. The summed E-state index contributed by atoms with van der Waals surface area (Å²) < 4.78 is 21.2. The zero-order valence-electron chi connectivity index (χ0n) is 13.0. The van der Waals surface area contributed by atoms with Gasteiger partial charge >= 0.3 is 0 Å². The Bertz CT molecular complexity index is 607. The first-order valence-corrected chi connectivity index (χ1v) is 8.15. The summed E-state index contributed by atoms with van der Waals surface area (Å²) in [6, 6.07) is 13.6. The molecular formula is C17H20N2O2S. The van der Waals surface area contributed by atoms with E-state index in [1.54, 1.807) is 12.3 Å². The molecule has 2 rings (SSSR count). The molecule has 0 N–H and O–H groups in total. The van der Waals surface area contributed by atoms with Crippen LogP contribution >= 0.6 is 0 Å². The smallest absolute Gasteiger partial charge is 0.144 e. The van der Waals surface area contributed by atoms with Gasteiger partial charge in [0.2, 0.25) is 0 Å². The van der Waals surface area contributed by atoms with E-state index in [9.17, 15) is 4.55 Å². The average Bonchev–Trinajstić information content (AvgIpc) is 2.51. The number of ether oxygens (including phenoxy) is 1. The van der Waals surface area contributed by atoms with Crippen molar-refractivity contribution in [1.29, 1.82) is 0 Å². The van der Waals surface area contributed by atoms with Gasteiger partial charge in [-0.05, 0) is 38.5 Å². The zero-order chi connectivity index (χ0) is 16.0. The highest BCUT2D eigenvalue weighted by Crippen LogP contribution is 2.17. The van der Waals surface area contributed by atoms with E-state index in [2.05, 4.69) is 9.38 Å². The summed E-state index contributed by atoms with van der Waals surface area (Å²) in [4.78, 5) is 4.24. The van der Waals surface area contributed by atoms with Crippen molar-refractivity contribution >= 4 is 17.6 Å². The maximum atomic E-state index is 11.8. The van der Waals surface area contributed by atoms with Gasteiger partial charge in [-0.1, -0.05) is 34.7 Å². The lowest BCUT2D eigenvalue weighted by Gasteiger charge is -2.17. The first kappa shape index (κ1) is 16.5. The van der Waals surface area contributed by atoms with Gasteiger partial charge in [-0.2, -0.15) is 0 Å². The van der Waals surface area contributed by atoms with Crippen molar-refractivity contribution in [3.05, 3.63) is 59.9 Å². The van der Waals surface area contributed by atoms with E-state index < -0.39 is 11.4 Å². The first-order chi connectivity index (χ1) is 10.4. The monoisotopic (exact) mass is 316 g/mol. The molecule has 1 aromatic heterocycles. The average molecular weight is 316 g/mol. The van der Waals surface area contributed by atoms with Crippen LogP contribution in [0.25, 0.3) is 0 Å². The Labute approximate surface area is 134 Å². The second kappa shape index (κ2) is 7.42. The lowest BCUT2D eigenvalue weighted by atomic mass is 10.2. The van der Waals surface area contributed by atoms with Crippen LogP contribution in [0.3, 0.4) is 0 Å². The highest BCUT2D eigenvalue weighted by Gasteiger charge is 2.25. The first-order valence-electron chi connectivity index (χ1n) is 7.04. The second-order valence-electron chi connectivity index (χ2n) is 5.79. The number of hydrogen-bond acceptors (Lipinski definition) is 4. The highest BCUT2D eigenvalue weighted by atomic mass is 32.2. The number of aromatic nitrogens is 1. The lowest BCUT2D eigenvalue weighted by Crippen LogP contribution is -2.25. The Morgan fingerprint density at radius 2 is 1.91 bits per heavy atom. The van der Waals surface area contributed by atoms with E-state index in [1.165, 1.54) is 6.21 Å². The summed E-state index contributed by atoms with van der Waals surface area (Å²) >= 11 is -1.27. The molecule has 0 fully saturated rings. The molecule has 4 nitrogen and oxygen atoms in total. The maximum Gasteiger partial charge on any atom is 0.144 e. The fraction of sp³-hybridized carbons (Fsp3) is 0.294. The molecule has 0 aliphatic heterocycles. The molecule has 0 aliphatic carbocycles. The van der Waals surface area contributed by atoms with Crippen LogP contribution in [0.2, 0.25) is 0 Å². The van der Waals surface area contributed by atoms with E-state index in [4.69, 9.17) is 4.74 Å². The van der Waals surface area contributed by atoms with Crippen LogP contribution in [0.1, 0.15) is 32.0 Å². The van der Waals surface area contributed by atoms with Crippen LogP contribution in [-0.4, -0.2) is 20.5 Å². The van der Waals surface area contributed by atoms with Gasteiger partial charge in [0.1, 0.15) is 34.7 Å². The minimum Gasteiger partial charge on any atom is -0.591 e. The van der Waals surface area contributed by atoms with Gasteiger partial charge in [0, 0.05) is 0 Å². The molecule has 1 heterocycles. The van der Waals surface area contributed by atoms with Crippen molar-refractivity contribution in [3.8, 4) is 5.75 Å². The van der Waals surface area contributed by atoms with E-state index in [-0.39, 0.29) is 4.75 Å². The predicted molar refractivity (Wildman–Crippen MR) is 90.5 cm³/mol. The third-order valence-electron chi connectivity index (χ3n) is 2.81. The van der Waals surface area contributed by atoms with Gasteiger partial charge < -0.3 is 9.29 Å². The number of rotatable bonds is 5. The number of nitrogens with zero attached hydrogens (tertiary/aromatic N) is 2. The molecule has 0 saturated heterocycles. The highest BCUT2D eigenvalue weighted by molar-refractivity contribution is 7.91. The van der Waals surface area contributed by atoms with E-state index in [0.29, 0.717) is 18.1 Å². The topological polar surface area (TPSA) is 57.5 Å². The van der Waals surface area contributed by atoms with Gasteiger partial charge in [-0.25, -0.2) is 0 Å². The van der Waals surface area contributed by atoms with Crippen LogP contribution in [0.4, 0.5) is 0 Å². The number of hydrogen-bond donors (Lipinski definition) is 0. The lowest BCUT2D eigenvalue weighted by molar-refractivity contribution is 0.305. The third-order valence-corrected chi connectivity index (χ3v) is 4.16. The van der Waals surface area contributed by atoms with E-state index in [0.717, 1.165) is 5.56 Å². The fourth-order valence-electron chi connectivity index (χ4n) is 1.55. The summed E-state index contributed by atoms with van der Waals surface area (Å²) in [5.41, 5.74) is 1.76. The second-order valence-corrected chi connectivity index (χ2v) is 7.72. The van der Waals surface area contributed by atoms with Crippen molar-refractivity contribution in [3.63, 3.8) is 0 Å². The molecule has 0 amide bonds. The van der Waals surface area contributed by atoms with Gasteiger partial charge in [0.05, 0.1) is 11.9 Å². The quantitative estimate of drug-likeness (QED) is 0.626. The minimum atomic E-state index is -1.27. The molecule has 0 spiro atoms. The molecule has 1 atom stereocenters. The SMILES string of the molecule is CC(C)(C)[S@@+]([O-])N=Cc1ccc(OCc2ccccc2)cn1. The Morgan fingerprint density at radius 3 is 2.50 bits per heavy atom. The van der Waals surface area contributed by atoms with Crippen LogP contribution in [0.15, 0.2) is 53.1 Å². The van der Waals surface area contributed by atoms with Gasteiger partial charge in [-0.15, -0.1) is 0 Å². The van der Waals surface area contributed by atoms with Gasteiger partial charge in [0.25, 0.3) is 0 Å². The Hall–Kier alpha value is -1.85. The molecule has 0 unspecified atom stereocenters. The number of benzene rings is 1. The van der Waals surface area contributed by atoms with E-state index in [1.807, 2.05) is 57.2 Å². The van der Waals surface area contributed by atoms with Gasteiger partial charge in [0.15, 0.2) is 0 Å². The Morgan fingerprint density at radius 1 is 1.18 bits per heavy atom. The molecular weight excluding hydrogens is 296 g/mol. The summed E-state index contributed by atoms with van der Waals surface area (Å²) in [5, 5.41) is 0. The summed E-state index contributed by atoms with van der Waals surface area (Å²) in [6.07, 6.45) is 3.17. The zero-order valence-corrected chi connectivity index (χ0v) is 13.8. The molecule has 2 aromatic rings. The van der Waals surface area contributed by atoms with Crippen molar-refractivity contribution in [1.82, 2.24) is 4.98 Å². The predicted octanol–water partition coefficient (Wildman–Crippen LogP) is 3.54. The molecule has 5 heteroatoms. The molecule has 0 saturated carbocycles. The van der Waals surface area contributed by atoms with Crippen LogP contribution in [0, 0.1) is 0 Å². The molecule has 1 aromatic carbocycles. The summed E-state index contributed by atoms with van der Waals surface area (Å²) in [7, 11) is 0. The van der Waals surface area contributed by atoms with Crippen LogP contribution in [-0.2, 0) is 18.0 Å². The van der Waals surface area contributed by atoms with Crippen molar-refractivity contribution < 1.29 is 9.29 Å². The molecule has 22 heavy (non-hydrogen) atoms. The largest absolute Gasteiger partial charge is 0.591 e. The normalized spacial score (nSPS) is 13.3. The van der Waals surface area contributed by atoms with Gasteiger partial charge in [-0.3, -0.25) is 4.98 Å². The third kappa shape index (κ3) is 5.16. The van der Waals surface area contributed by atoms with Crippen LogP contribution in [0.5, 0.6) is 5.75 Å². The minimum absolute atomic E-state index is 0.366. The Kier molecular flexibility index (Phi) is 5.57. The maximum absolute atomic E-state index is 11.8. The van der Waals surface area contributed by atoms with Crippen molar-refractivity contribution in [2.24, 2.45) is 4.40 Å². The molecule has 0 aliphatic rings. The Balaban J connectivity index is 1.92. The molecule has 116 valence electrons. The molecule has 0 radical (unpaired) electrons. The molecule has 0 bridgehead atoms. The summed E-state index contributed by atoms with van der Waals surface area (Å²) in [5.74, 6) is 0.693. The van der Waals surface area contributed by atoms with Crippen LogP contribution < -0.4 is 4.74 Å². The van der Waals surface area contributed by atoms with Crippen molar-refractivity contribution in [2.45, 2.75) is 32.1 Å².